The summed E-state index contributed by atoms with van der Waals surface area (Å²) >= 11 is 1.48. The molecule has 6 heteroatoms. The third-order valence-electron chi connectivity index (χ3n) is 2.61. The average molecular weight is 248 g/mol. The minimum Gasteiger partial charge on any atom is -0.345 e. The quantitative estimate of drug-likeness (QED) is 0.898. The lowest BCUT2D eigenvalue weighted by molar-refractivity contribution is -0.116. The highest BCUT2D eigenvalue weighted by Gasteiger charge is 2.27. The summed E-state index contributed by atoms with van der Waals surface area (Å²) in [5, 5.41) is 12.5. The second kappa shape index (κ2) is 4.29. The van der Waals surface area contributed by atoms with Gasteiger partial charge in [-0.2, -0.15) is 0 Å². The summed E-state index contributed by atoms with van der Waals surface area (Å²) in [6, 6.07) is 3.78. The molecule has 88 valence electrons. The van der Waals surface area contributed by atoms with Crippen LogP contribution in [-0.4, -0.2) is 20.7 Å². The Morgan fingerprint density at radius 2 is 2.18 bits per heavy atom. The van der Waals surface area contributed by atoms with Crippen molar-refractivity contribution in [3.8, 4) is 0 Å². The van der Waals surface area contributed by atoms with Crippen LogP contribution in [0.4, 0.5) is 5.13 Å². The van der Waals surface area contributed by atoms with Crippen LogP contribution in [0.5, 0.6) is 0 Å². The minimum atomic E-state index is -0.0697. The first-order valence-electron chi connectivity index (χ1n) is 5.55. The molecule has 1 aliphatic rings. The van der Waals surface area contributed by atoms with Gasteiger partial charge in [0.05, 0.1) is 0 Å². The van der Waals surface area contributed by atoms with Crippen molar-refractivity contribution in [1.82, 2.24) is 14.8 Å². The maximum atomic E-state index is 11.7. The Kier molecular flexibility index (Phi) is 2.64. The number of nitrogens with zero attached hydrogens (tertiary/aromatic N) is 3. The monoisotopic (exact) mass is 248 g/mol. The van der Waals surface area contributed by atoms with Gasteiger partial charge >= 0.3 is 0 Å². The molecule has 3 rings (SSSR count). The molecule has 5 nitrogen and oxygen atoms in total. The predicted molar refractivity (Wildman–Crippen MR) is 64.9 cm³/mol. The third kappa shape index (κ3) is 2.52. The molecule has 1 amide bonds. The second-order valence-corrected chi connectivity index (χ2v) is 5.13. The zero-order valence-corrected chi connectivity index (χ0v) is 9.98. The number of hydrogen-bond donors (Lipinski definition) is 1. The molecule has 17 heavy (non-hydrogen) atoms. The van der Waals surface area contributed by atoms with Crippen molar-refractivity contribution in [2.24, 2.45) is 0 Å². The Labute approximate surface area is 102 Å². The second-order valence-electron chi connectivity index (χ2n) is 4.12. The first-order valence-corrected chi connectivity index (χ1v) is 6.37. The van der Waals surface area contributed by atoms with Crippen molar-refractivity contribution in [2.75, 3.05) is 5.32 Å². The van der Waals surface area contributed by atoms with Crippen molar-refractivity contribution in [2.45, 2.75) is 25.3 Å². The normalized spacial score (nSPS) is 14.8. The highest BCUT2D eigenvalue weighted by Crippen LogP contribution is 2.41. The summed E-state index contributed by atoms with van der Waals surface area (Å²) in [7, 11) is 0. The molecule has 0 radical (unpaired) electrons. The van der Waals surface area contributed by atoms with Gasteiger partial charge in [0.1, 0.15) is 11.6 Å². The van der Waals surface area contributed by atoms with Gasteiger partial charge in [-0.3, -0.25) is 10.1 Å². The lowest BCUT2D eigenvalue weighted by atomic mass is 10.5. The average Bonchev–Trinajstić information content (AvgIpc) is 2.84. The van der Waals surface area contributed by atoms with E-state index in [2.05, 4.69) is 15.5 Å². The van der Waals surface area contributed by atoms with Gasteiger partial charge in [0.15, 0.2) is 0 Å². The number of aromatic nitrogens is 3. The van der Waals surface area contributed by atoms with E-state index >= 15 is 0 Å². The molecule has 0 unspecified atom stereocenters. The van der Waals surface area contributed by atoms with Crippen LogP contribution >= 0.6 is 11.3 Å². The van der Waals surface area contributed by atoms with E-state index in [1.807, 2.05) is 29.1 Å². The van der Waals surface area contributed by atoms with Crippen molar-refractivity contribution >= 4 is 22.4 Å². The summed E-state index contributed by atoms with van der Waals surface area (Å²) in [5.41, 5.74) is 0. The number of nitrogens with one attached hydrogen (secondary N) is 1. The predicted octanol–water partition coefficient (Wildman–Crippen LogP) is 1.86. The summed E-state index contributed by atoms with van der Waals surface area (Å²) in [4.78, 5) is 11.7. The molecule has 1 saturated carbocycles. The zero-order chi connectivity index (χ0) is 11.7. The molecule has 0 atom stereocenters. The topological polar surface area (TPSA) is 59.8 Å². The Balaban J connectivity index is 1.59. The van der Waals surface area contributed by atoms with E-state index < -0.39 is 0 Å². The maximum absolute atomic E-state index is 11.7. The molecule has 0 spiro atoms. The van der Waals surface area contributed by atoms with Crippen LogP contribution in [0.3, 0.4) is 0 Å². The first kappa shape index (κ1) is 10.5. The molecule has 0 bridgehead atoms. The molecular formula is C11H12N4OS. The molecule has 0 aromatic carbocycles. The van der Waals surface area contributed by atoms with Gasteiger partial charge in [0.25, 0.3) is 0 Å². The fourth-order valence-electron chi connectivity index (χ4n) is 1.58. The fourth-order valence-corrected chi connectivity index (χ4v) is 2.51. The third-order valence-corrected chi connectivity index (χ3v) is 3.61. The van der Waals surface area contributed by atoms with Crippen LogP contribution in [0, 0.1) is 0 Å². The van der Waals surface area contributed by atoms with E-state index in [1.54, 1.807) is 0 Å². The Bertz CT molecular complexity index is 515. The molecular weight excluding hydrogens is 236 g/mol. The standard InChI is InChI=1S/C11H12N4OS/c16-9(7-15-5-1-2-6-15)12-11-14-13-10(17-11)8-3-4-8/h1-2,5-6,8H,3-4,7H2,(H,12,14,16). The van der Waals surface area contributed by atoms with Gasteiger partial charge in [-0.05, 0) is 25.0 Å². The number of anilines is 1. The van der Waals surface area contributed by atoms with Crippen molar-refractivity contribution in [1.29, 1.82) is 0 Å². The van der Waals surface area contributed by atoms with Gasteiger partial charge in [0.2, 0.25) is 11.0 Å². The number of rotatable bonds is 4. The van der Waals surface area contributed by atoms with E-state index in [4.69, 9.17) is 0 Å². The summed E-state index contributed by atoms with van der Waals surface area (Å²) < 4.78 is 1.82. The SMILES string of the molecule is O=C(Cn1cccc1)Nc1nnc(C2CC2)s1. The van der Waals surface area contributed by atoms with E-state index in [-0.39, 0.29) is 5.91 Å². The highest BCUT2D eigenvalue weighted by atomic mass is 32.1. The Morgan fingerprint density at radius 3 is 2.88 bits per heavy atom. The number of hydrogen-bond acceptors (Lipinski definition) is 4. The van der Waals surface area contributed by atoms with Crippen LogP contribution < -0.4 is 5.32 Å². The number of carbonyl (C=O) groups excluding carboxylic acids is 1. The molecule has 0 saturated heterocycles. The Hall–Kier alpha value is -1.69. The van der Waals surface area contributed by atoms with E-state index in [0.717, 1.165) is 5.01 Å². The molecule has 1 aliphatic carbocycles. The van der Waals surface area contributed by atoms with E-state index in [1.165, 1.54) is 24.2 Å². The van der Waals surface area contributed by atoms with Crippen LogP contribution in [0.1, 0.15) is 23.8 Å². The molecule has 2 heterocycles. The summed E-state index contributed by atoms with van der Waals surface area (Å²) in [6.07, 6.45) is 6.11. The van der Waals surface area contributed by atoms with Gasteiger partial charge in [-0.15, -0.1) is 10.2 Å². The number of carbonyl (C=O) groups is 1. The largest absolute Gasteiger partial charge is 0.345 e. The molecule has 1 N–H and O–H groups in total. The lowest BCUT2D eigenvalue weighted by Gasteiger charge is -2.01. The van der Waals surface area contributed by atoms with Gasteiger partial charge in [-0.25, -0.2) is 0 Å². The van der Waals surface area contributed by atoms with E-state index in [0.29, 0.717) is 17.6 Å². The van der Waals surface area contributed by atoms with Crippen LogP contribution in [0.25, 0.3) is 0 Å². The molecule has 2 aromatic heterocycles. The first-order chi connectivity index (χ1) is 8.31. The van der Waals surface area contributed by atoms with Crippen LogP contribution in [0.2, 0.25) is 0 Å². The van der Waals surface area contributed by atoms with Gasteiger partial charge in [0, 0.05) is 18.3 Å². The van der Waals surface area contributed by atoms with E-state index in [9.17, 15) is 4.79 Å². The fraction of sp³-hybridized carbons (Fsp3) is 0.364. The molecule has 1 fully saturated rings. The molecule has 2 aromatic rings. The minimum absolute atomic E-state index is 0.0697. The lowest BCUT2D eigenvalue weighted by Crippen LogP contribution is -2.17. The highest BCUT2D eigenvalue weighted by molar-refractivity contribution is 7.15. The van der Waals surface area contributed by atoms with Gasteiger partial charge < -0.3 is 4.57 Å². The van der Waals surface area contributed by atoms with Crippen molar-refractivity contribution in [3.05, 3.63) is 29.5 Å². The van der Waals surface area contributed by atoms with Crippen molar-refractivity contribution in [3.63, 3.8) is 0 Å². The summed E-state index contributed by atoms with van der Waals surface area (Å²) in [5.74, 6) is 0.516. The number of amides is 1. The van der Waals surface area contributed by atoms with Crippen molar-refractivity contribution < 1.29 is 4.79 Å². The summed E-state index contributed by atoms with van der Waals surface area (Å²) in [6.45, 7) is 0.311. The van der Waals surface area contributed by atoms with Gasteiger partial charge in [-0.1, -0.05) is 11.3 Å². The maximum Gasteiger partial charge on any atom is 0.246 e. The zero-order valence-electron chi connectivity index (χ0n) is 9.17. The smallest absolute Gasteiger partial charge is 0.246 e. The molecule has 0 aliphatic heterocycles. The van der Waals surface area contributed by atoms with Crippen LogP contribution in [0.15, 0.2) is 24.5 Å². The van der Waals surface area contributed by atoms with Crippen LogP contribution in [-0.2, 0) is 11.3 Å². The Morgan fingerprint density at radius 1 is 1.41 bits per heavy atom.